The van der Waals surface area contributed by atoms with Gasteiger partial charge in [0, 0.05) is 50.7 Å². The third-order valence-electron chi connectivity index (χ3n) is 4.56. The van der Waals surface area contributed by atoms with Crippen LogP contribution >= 0.6 is 0 Å². The average molecular weight is 342 g/mol. The van der Waals surface area contributed by atoms with Crippen molar-refractivity contribution in [2.45, 2.75) is 52.3 Å². The quantitative estimate of drug-likeness (QED) is 0.776. The molecular weight excluding hydrogens is 316 g/mol. The Morgan fingerprint density at radius 3 is 2.80 bits per heavy atom. The molecule has 2 aromatic heterocycles. The lowest BCUT2D eigenvalue weighted by Crippen LogP contribution is -2.37. The molecule has 2 aromatic rings. The van der Waals surface area contributed by atoms with E-state index in [4.69, 9.17) is 4.74 Å². The Hall–Kier alpha value is -2.21. The molecule has 0 saturated carbocycles. The van der Waals surface area contributed by atoms with Crippen molar-refractivity contribution in [3.8, 4) is 0 Å². The number of aryl methyl sites for hydroxylation is 3. The molecular formula is C19H26N4O2. The van der Waals surface area contributed by atoms with E-state index in [0.29, 0.717) is 26.1 Å². The topological polar surface area (TPSA) is 60.2 Å². The van der Waals surface area contributed by atoms with Crippen LogP contribution in [-0.4, -0.2) is 44.8 Å². The predicted octanol–water partition coefficient (Wildman–Crippen LogP) is 2.49. The van der Waals surface area contributed by atoms with Gasteiger partial charge in [-0.3, -0.25) is 14.5 Å². The van der Waals surface area contributed by atoms with Crippen LogP contribution in [0.3, 0.4) is 0 Å². The molecule has 6 nitrogen and oxygen atoms in total. The molecule has 1 aliphatic rings. The highest BCUT2D eigenvalue weighted by molar-refractivity contribution is 5.76. The van der Waals surface area contributed by atoms with Crippen LogP contribution in [-0.2, 0) is 22.6 Å². The Labute approximate surface area is 148 Å². The second-order valence-electron chi connectivity index (χ2n) is 6.66. The Morgan fingerprint density at radius 1 is 1.36 bits per heavy atom. The zero-order valence-electron chi connectivity index (χ0n) is 15.0. The van der Waals surface area contributed by atoms with Crippen molar-refractivity contribution in [1.29, 1.82) is 0 Å². The lowest BCUT2D eigenvalue weighted by Gasteiger charge is -2.26. The van der Waals surface area contributed by atoms with Crippen LogP contribution in [0, 0.1) is 13.8 Å². The fourth-order valence-electron chi connectivity index (χ4n) is 3.26. The van der Waals surface area contributed by atoms with Crippen molar-refractivity contribution < 1.29 is 9.53 Å². The van der Waals surface area contributed by atoms with Crippen LogP contribution in [0.1, 0.15) is 36.2 Å². The Balaban J connectivity index is 1.64. The first-order valence-electron chi connectivity index (χ1n) is 8.91. The molecule has 1 aliphatic heterocycles. The molecule has 1 fully saturated rings. The van der Waals surface area contributed by atoms with Gasteiger partial charge >= 0.3 is 0 Å². The SMILES string of the molecule is Cc1cc(C)n(CCC(=O)N(Cc2ccncc2)CC2CCCO2)n1. The first-order valence-corrected chi connectivity index (χ1v) is 8.91. The van der Waals surface area contributed by atoms with Crippen LogP contribution in [0.2, 0.25) is 0 Å². The Bertz CT molecular complexity index is 693. The number of hydrogen-bond acceptors (Lipinski definition) is 4. The minimum absolute atomic E-state index is 0.139. The van der Waals surface area contributed by atoms with Crippen molar-refractivity contribution in [2.24, 2.45) is 0 Å². The van der Waals surface area contributed by atoms with Crippen LogP contribution in [0.15, 0.2) is 30.6 Å². The maximum Gasteiger partial charge on any atom is 0.224 e. The van der Waals surface area contributed by atoms with E-state index in [1.165, 1.54) is 0 Å². The summed E-state index contributed by atoms with van der Waals surface area (Å²) in [6.07, 6.45) is 6.23. The summed E-state index contributed by atoms with van der Waals surface area (Å²) in [5.41, 5.74) is 3.16. The van der Waals surface area contributed by atoms with E-state index in [1.807, 2.05) is 41.6 Å². The van der Waals surface area contributed by atoms with E-state index in [0.717, 1.165) is 36.4 Å². The van der Waals surface area contributed by atoms with Crippen LogP contribution in [0.25, 0.3) is 0 Å². The van der Waals surface area contributed by atoms with Crippen molar-refractivity contribution >= 4 is 5.91 Å². The molecule has 1 saturated heterocycles. The molecule has 3 rings (SSSR count). The summed E-state index contributed by atoms with van der Waals surface area (Å²) in [6, 6.07) is 5.94. The highest BCUT2D eigenvalue weighted by atomic mass is 16.5. The summed E-state index contributed by atoms with van der Waals surface area (Å²) in [5.74, 6) is 0.139. The largest absolute Gasteiger partial charge is 0.376 e. The van der Waals surface area contributed by atoms with Gasteiger partial charge < -0.3 is 9.64 Å². The van der Waals surface area contributed by atoms with Gasteiger partial charge in [-0.2, -0.15) is 5.10 Å². The molecule has 0 radical (unpaired) electrons. The normalized spacial score (nSPS) is 17.0. The van der Waals surface area contributed by atoms with Gasteiger partial charge in [0.2, 0.25) is 5.91 Å². The van der Waals surface area contributed by atoms with E-state index in [1.54, 1.807) is 12.4 Å². The number of carbonyl (C=O) groups excluding carboxylic acids is 1. The number of rotatable bonds is 7. The van der Waals surface area contributed by atoms with Crippen molar-refractivity contribution in [3.63, 3.8) is 0 Å². The van der Waals surface area contributed by atoms with Gasteiger partial charge in [-0.1, -0.05) is 0 Å². The summed E-state index contributed by atoms with van der Waals surface area (Å²) in [4.78, 5) is 18.8. The van der Waals surface area contributed by atoms with E-state index < -0.39 is 0 Å². The second-order valence-corrected chi connectivity index (χ2v) is 6.66. The summed E-state index contributed by atoms with van der Waals surface area (Å²) in [7, 11) is 0. The molecule has 25 heavy (non-hydrogen) atoms. The van der Waals surface area contributed by atoms with E-state index >= 15 is 0 Å². The molecule has 3 heterocycles. The van der Waals surface area contributed by atoms with Gasteiger partial charge in [-0.05, 0) is 50.5 Å². The molecule has 0 spiro atoms. The van der Waals surface area contributed by atoms with Gasteiger partial charge in [-0.25, -0.2) is 0 Å². The maximum atomic E-state index is 12.8. The predicted molar refractivity (Wildman–Crippen MR) is 94.9 cm³/mol. The standard InChI is InChI=1S/C19H26N4O2/c1-15-12-16(2)23(21-15)10-7-19(24)22(14-18-4-3-11-25-18)13-17-5-8-20-9-6-17/h5-6,8-9,12,18H,3-4,7,10-11,13-14H2,1-2H3. The van der Waals surface area contributed by atoms with Crippen LogP contribution in [0.5, 0.6) is 0 Å². The number of carbonyl (C=O) groups is 1. The number of pyridine rings is 1. The fraction of sp³-hybridized carbons (Fsp3) is 0.526. The molecule has 0 N–H and O–H groups in total. The van der Waals surface area contributed by atoms with E-state index in [9.17, 15) is 4.79 Å². The molecule has 6 heteroatoms. The Kier molecular flexibility index (Phi) is 5.81. The molecule has 134 valence electrons. The number of nitrogens with zero attached hydrogens (tertiary/aromatic N) is 4. The summed E-state index contributed by atoms with van der Waals surface area (Å²) in [6.45, 7) is 6.64. The minimum atomic E-state index is 0.139. The van der Waals surface area contributed by atoms with Crippen molar-refractivity contribution in [2.75, 3.05) is 13.2 Å². The molecule has 1 amide bonds. The lowest BCUT2D eigenvalue weighted by molar-refractivity contribution is -0.133. The monoisotopic (exact) mass is 342 g/mol. The highest BCUT2D eigenvalue weighted by Gasteiger charge is 2.22. The third kappa shape index (κ3) is 4.89. The van der Waals surface area contributed by atoms with Crippen molar-refractivity contribution in [1.82, 2.24) is 19.7 Å². The zero-order chi connectivity index (χ0) is 17.6. The Morgan fingerprint density at radius 2 is 2.16 bits per heavy atom. The van der Waals surface area contributed by atoms with E-state index in [2.05, 4.69) is 10.1 Å². The smallest absolute Gasteiger partial charge is 0.224 e. The average Bonchev–Trinajstić information content (AvgIpc) is 3.22. The van der Waals surface area contributed by atoms with Crippen LogP contribution < -0.4 is 0 Å². The molecule has 1 atom stereocenters. The van der Waals surface area contributed by atoms with Crippen LogP contribution in [0.4, 0.5) is 0 Å². The molecule has 0 aliphatic carbocycles. The zero-order valence-corrected chi connectivity index (χ0v) is 15.0. The van der Waals surface area contributed by atoms with Gasteiger partial charge in [-0.15, -0.1) is 0 Å². The summed E-state index contributed by atoms with van der Waals surface area (Å²) >= 11 is 0. The molecule has 1 unspecified atom stereocenters. The summed E-state index contributed by atoms with van der Waals surface area (Å²) in [5, 5.41) is 4.44. The number of aromatic nitrogens is 3. The maximum absolute atomic E-state index is 12.8. The number of ether oxygens (including phenoxy) is 1. The highest BCUT2D eigenvalue weighted by Crippen LogP contribution is 2.16. The molecule has 0 bridgehead atoms. The van der Waals surface area contributed by atoms with Gasteiger partial charge in [0.15, 0.2) is 0 Å². The second kappa shape index (κ2) is 8.25. The molecule has 0 aromatic carbocycles. The van der Waals surface area contributed by atoms with Crippen molar-refractivity contribution in [3.05, 3.63) is 47.5 Å². The first kappa shape index (κ1) is 17.6. The first-order chi connectivity index (χ1) is 12.1. The summed E-state index contributed by atoms with van der Waals surface area (Å²) < 4.78 is 7.64. The number of amides is 1. The van der Waals surface area contributed by atoms with E-state index in [-0.39, 0.29) is 12.0 Å². The van der Waals surface area contributed by atoms with Gasteiger partial charge in [0.05, 0.1) is 11.8 Å². The number of hydrogen-bond donors (Lipinski definition) is 0. The van der Waals surface area contributed by atoms with Gasteiger partial charge in [0.25, 0.3) is 0 Å². The lowest BCUT2D eigenvalue weighted by atomic mass is 10.2. The minimum Gasteiger partial charge on any atom is -0.376 e. The van der Waals surface area contributed by atoms with Gasteiger partial charge in [0.1, 0.15) is 0 Å². The fourth-order valence-corrected chi connectivity index (χ4v) is 3.26. The third-order valence-corrected chi connectivity index (χ3v) is 4.56.